The van der Waals surface area contributed by atoms with Crippen molar-refractivity contribution < 1.29 is 9.53 Å². The number of benzene rings is 4. The van der Waals surface area contributed by atoms with E-state index in [-0.39, 0.29) is 11.6 Å². The van der Waals surface area contributed by atoms with Gasteiger partial charge in [-0.15, -0.1) is 11.3 Å². The van der Waals surface area contributed by atoms with E-state index < -0.39 is 0 Å². The summed E-state index contributed by atoms with van der Waals surface area (Å²) in [5, 5.41) is 12.8. The average Bonchev–Trinajstić information content (AvgIpc) is 3.59. The summed E-state index contributed by atoms with van der Waals surface area (Å²) < 4.78 is 5.85. The van der Waals surface area contributed by atoms with Gasteiger partial charge in [-0.1, -0.05) is 78.9 Å². The summed E-state index contributed by atoms with van der Waals surface area (Å²) in [7, 11) is 0. The van der Waals surface area contributed by atoms with E-state index in [1.165, 1.54) is 16.3 Å². The van der Waals surface area contributed by atoms with Gasteiger partial charge < -0.3 is 4.74 Å². The zero-order valence-corrected chi connectivity index (χ0v) is 20.9. The first-order valence-electron chi connectivity index (χ1n) is 11.9. The predicted molar refractivity (Wildman–Crippen MR) is 152 cm³/mol. The lowest BCUT2D eigenvalue weighted by atomic mass is 10.1. The van der Waals surface area contributed by atoms with E-state index >= 15 is 0 Å². The van der Waals surface area contributed by atoms with E-state index in [2.05, 4.69) is 20.6 Å². The summed E-state index contributed by atoms with van der Waals surface area (Å²) in [6.07, 6.45) is 0. The number of hydrogen-bond donors (Lipinski definition) is 1. The fourth-order valence-corrected chi connectivity index (χ4v) is 4.64. The molecule has 0 fully saturated rings. The van der Waals surface area contributed by atoms with Crippen LogP contribution >= 0.6 is 11.3 Å². The smallest absolute Gasteiger partial charge is 0.303 e. The molecule has 7 nitrogen and oxygen atoms in total. The van der Waals surface area contributed by atoms with Crippen LogP contribution in [0.5, 0.6) is 11.5 Å². The highest BCUT2D eigenvalue weighted by Crippen LogP contribution is 2.30. The van der Waals surface area contributed by atoms with E-state index in [0.29, 0.717) is 22.3 Å². The average molecular weight is 516 g/mol. The Hall–Kier alpha value is -5.08. The van der Waals surface area contributed by atoms with Crippen LogP contribution in [0.15, 0.2) is 131 Å². The minimum Gasteiger partial charge on any atom is -0.457 e. The fourth-order valence-electron chi connectivity index (χ4n) is 3.86. The second-order valence-corrected chi connectivity index (χ2v) is 9.16. The van der Waals surface area contributed by atoms with Crippen LogP contribution in [-0.4, -0.2) is 22.3 Å². The molecule has 2 heterocycles. The van der Waals surface area contributed by atoms with E-state index in [4.69, 9.17) is 4.74 Å². The molecule has 0 unspecified atom stereocenters. The van der Waals surface area contributed by atoms with Crippen LogP contribution < -0.4 is 15.2 Å². The van der Waals surface area contributed by atoms with Gasteiger partial charge in [0, 0.05) is 16.5 Å². The largest absolute Gasteiger partial charge is 0.457 e. The van der Waals surface area contributed by atoms with Gasteiger partial charge >= 0.3 is 5.91 Å². The van der Waals surface area contributed by atoms with Gasteiger partial charge in [-0.05, 0) is 36.4 Å². The SMILES string of the molecule is O=C1C(=NNc2ccc(Oc3ccccc3)cc2)C(c2ccccc2)=NN1c1nc(-c2ccccc2)cs1. The zero-order chi connectivity index (χ0) is 25.7. The Bertz CT molecular complexity index is 1620. The Morgan fingerprint density at radius 2 is 1.34 bits per heavy atom. The van der Waals surface area contributed by atoms with Gasteiger partial charge in [0.25, 0.3) is 0 Å². The Balaban J connectivity index is 1.26. The zero-order valence-electron chi connectivity index (χ0n) is 20.1. The van der Waals surface area contributed by atoms with Crippen molar-refractivity contribution >= 4 is 39.5 Å². The highest BCUT2D eigenvalue weighted by atomic mass is 32.1. The molecule has 1 aliphatic rings. The molecule has 0 saturated carbocycles. The number of nitrogens with one attached hydrogen (secondary N) is 1. The maximum Gasteiger partial charge on any atom is 0.303 e. The summed E-state index contributed by atoms with van der Waals surface area (Å²) in [6, 6.07) is 36.3. The number of ether oxygens (including phenoxy) is 1. The second kappa shape index (κ2) is 10.5. The first kappa shape index (κ1) is 23.3. The number of carbonyl (C=O) groups is 1. The minimum atomic E-state index is -0.352. The Morgan fingerprint density at radius 3 is 2.03 bits per heavy atom. The highest BCUT2D eigenvalue weighted by Gasteiger charge is 2.35. The monoisotopic (exact) mass is 515 g/mol. The van der Waals surface area contributed by atoms with Crippen molar-refractivity contribution in [2.75, 3.05) is 10.4 Å². The molecule has 5 aromatic rings. The lowest BCUT2D eigenvalue weighted by molar-refractivity contribution is -0.112. The van der Waals surface area contributed by atoms with E-state index in [9.17, 15) is 4.79 Å². The number of rotatable bonds is 7. The number of thiazole rings is 1. The molecule has 0 bridgehead atoms. The number of hydrogen-bond acceptors (Lipinski definition) is 7. The Kier molecular flexibility index (Phi) is 6.44. The maximum atomic E-state index is 13.5. The number of carbonyl (C=O) groups excluding carboxylic acids is 1. The molecule has 38 heavy (non-hydrogen) atoms. The highest BCUT2D eigenvalue weighted by molar-refractivity contribution is 7.14. The van der Waals surface area contributed by atoms with Crippen LogP contribution in [0.4, 0.5) is 10.8 Å². The van der Waals surface area contributed by atoms with Crippen molar-refractivity contribution in [3.05, 3.63) is 126 Å². The van der Waals surface area contributed by atoms with Crippen LogP contribution in [0.1, 0.15) is 5.56 Å². The molecule has 1 aromatic heterocycles. The molecular formula is C30H21N5O2S. The quantitative estimate of drug-likeness (QED) is 0.241. The maximum absolute atomic E-state index is 13.5. The third kappa shape index (κ3) is 4.93. The van der Waals surface area contributed by atoms with Crippen LogP contribution in [0.25, 0.3) is 11.3 Å². The summed E-state index contributed by atoms with van der Waals surface area (Å²) in [4.78, 5) is 18.2. The third-order valence-corrected chi connectivity index (χ3v) is 6.56. The van der Waals surface area contributed by atoms with Gasteiger partial charge in [-0.2, -0.15) is 15.2 Å². The van der Waals surface area contributed by atoms with Crippen molar-refractivity contribution in [2.24, 2.45) is 10.2 Å². The topological polar surface area (TPSA) is 79.2 Å². The van der Waals surface area contributed by atoms with E-state index in [0.717, 1.165) is 22.6 Å². The lowest BCUT2D eigenvalue weighted by Gasteiger charge is -2.08. The summed E-state index contributed by atoms with van der Waals surface area (Å²) in [5.74, 6) is 1.10. The van der Waals surface area contributed by atoms with E-state index in [1.54, 1.807) is 0 Å². The van der Waals surface area contributed by atoms with E-state index in [1.807, 2.05) is 121 Å². The first-order chi connectivity index (χ1) is 18.7. The molecule has 6 rings (SSSR count). The molecule has 0 aliphatic carbocycles. The standard InChI is InChI=1S/C30H21N5O2S/c36-29-28(33-32-23-16-18-25(19-17-23)37-24-14-8-3-9-15-24)27(22-12-6-2-7-13-22)34-35(29)30-31-26(20-38-30)21-10-4-1-5-11-21/h1-20,32H. The Morgan fingerprint density at radius 1 is 0.737 bits per heavy atom. The van der Waals surface area contributed by atoms with Gasteiger partial charge in [0.1, 0.15) is 17.2 Å². The molecule has 1 N–H and O–H groups in total. The minimum absolute atomic E-state index is 0.206. The molecule has 4 aromatic carbocycles. The molecular weight excluding hydrogens is 494 g/mol. The van der Waals surface area contributed by atoms with Gasteiger partial charge in [0.15, 0.2) is 5.71 Å². The molecule has 1 amide bonds. The normalized spacial score (nSPS) is 14.0. The van der Waals surface area contributed by atoms with Crippen LogP contribution in [-0.2, 0) is 4.79 Å². The molecule has 0 atom stereocenters. The van der Waals surface area contributed by atoms with Gasteiger partial charge in [-0.25, -0.2) is 4.98 Å². The second-order valence-electron chi connectivity index (χ2n) is 8.32. The van der Waals surface area contributed by atoms with Crippen LogP contribution in [0.3, 0.4) is 0 Å². The predicted octanol–water partition coefficient (Wildman–Crippen LogP) is 6.82. The lowest BCUT2D eigenvalue weighted by Crippen LogP contribution is -2.28. The molecule has 1 aliphatic heterocycles. The summed E-state index contributed by atoms with van der Waals surface area (Å²) >= 11 is 1.36. The number of nitrogens with zero attached hydrogens (tertiary/aromatic N) is 4. The van der Waals surface area contributed by atoms with Crippen molar-refractivity contribution in [3.8, 4) is 22.8 Å². The van der Waals surface area contributed by atoms with Crippen molar-refractivity contribution in [1.82, 2.24) is 4.98 Å². The number of aromatic nitrogens is 1. The van der Waals surface area contributed by atoms with Crippen molar-refractivity contribution in [1.29, 1.82) is 0 Å². The molecule has 0 radical (unpaired) electrons. The van der Waals surface area contributed by atoms with Crippen LogP contribution in [0.2, 0.25) is 0 Å². The number of hydrazone groups is 2. The first-order valence-corrected chi connectivity index (χ1v) is 12.8. The van der Waals surface area contributed by atoms with Gasteiger partial charge in [0.2, 0.25) is 5.13 Å². The molecule has 184 valence electrons. The number of amides is 1. The molecule has 0 spiro atoms. The molecule has 0 saturated heterocycles. The Labute approximate surface area is 223 Å². The van der Waals surface area contributed by atoms with Crippen LogP contribution in [0, 0.1) is 0 Å². The summed E-state index contributed by atoms with van der Waals surface area (Å²) in [5.41, 5.74) is 6.94. The van der Waals surface area contributed by atoms with Crippen molar-refractivity contribution in [3.63, 3.8) is 0 Å². The van der Waals surface area contributed by atoms with Crippen molar-refractivity contribution in [2.45, 2.75) is 0 Å². The fraction of sp³-hybridized carbons (Fsp3) is 0. The van der Waals surface area contributed by atoms with Gasteiger partial charge in [0.05, 0.1) is 11.4 Å². The number of para-hydroxylation sites is 1. The summed E-state index contributed by atoms with van der Waals surface area (Å²) in [6.45, 7) is 0. The molecule has 8 heteroatoms. The third-order valence-electron chi connectivity index (χ3n) is 5.74. The number of anilines is 2. The van der Waals surface area contributed by atoms with Gasteiger partial charge in [-0.3, -0.25) is 10.2 Å².